The summed E-state index contributed by atoms with van der Waals surface area (Å²) >= 11 is 0. The van der Waals surface area contributed by atoms with Crippen molar-refractivity contribution in [2.75, 3.05) is 28.2 Å². The van der Waals surface area contributed by atoms with E-state index >= 15 is 0 Å². The Morgan fingerprint density at radius 1 is 1.15 bits per heavy atom. The summed E-state index contributed by atoms with van der Waals surface area (Å²) in [5.74, 6) is -0.656. The first kappa shape index (κ1) is 17.6. The molecule has 0 N–H and O–H groups in total. The van der Waals surface area contributed by atoms with Crippen LogP contribution in [0.1, 0.15) is 33.6 Å². The highest BCUT2D eigenvalue weighted by atomic mass is 32.2. The van der Waals surface area contributed by atoms with Crippen LogP contribution in [0.15, 0.2) is 0 Å². The van der Waals surface area contributed by atoms with E-state index < -0.39 is 20.8 Å². The summed E-state index contributed by atoms with van der Waals surface area (Å²) in [4.78, 5) is 12.0. The highest BCUT2D eigenvalue weighted by Crippen LogP contribution is 2.64. The molecule has 0 heterocycles. The lowest BCUT2D eigenvalue weighted by Gasteiger charge is -2.32. The summed E-state index contributed by atoms with van der Waals surface area (Å²) in [6.45, 7) is 5.59. The first-order valence-corrected chi connectivity index (χ1v) is 8.37. The Hall–Kier alpha value is -0.460. The fourth-order valence-corrected chi connectivity index (χ4v) is 4.74. The number of quaternary nitrogens is 1. The van der Waals surface area contributed by atoms with Gasteiger partial charge in [0, 0.05) is 5.41 Å². The number of hydrogen-bond donors (Lipinski definition) is 0. The average molecular weight is 305 g/mol. The number of rotatable bonds is 1. The van der Waals surface area contributed by atoms with Gasteiger partial charge in [-0.15, -0.1) is 0 Å². The first-order chi connectivity index (χ1) is 8.62. The van der Waals surface area contributed by atoms with Crippen molar-refractivity contribution in [2.24, 2.45) is 16.7 Å². The van der Waals surface area contributed by atoms with E-state index in [0.717, 1.165) is 4.48 Å². The number of carbonyl (C=O) groups is 1. The van der Waals surface area contributed by atoms with Crippen molar-refractivity contribution in [3.63, 3.8) is 0 Å². The number of carbonyl (C=O) groups excluding carboxylic acids is 1. The molecule has 0 amide bonds. The molecule has 0 aromatic rings. The maximum atomic E-state index is 12.0. The van der Waals surface area contributed by atoms with Crippen LogP contribution in [0.3, 0.4) is 0 Å². The fraction of sp³-hybridized carbons (Fsp3) is 0.929. The Labute approximate surface area is 122 Å². The molecule has 3 unspecified atom stereocenters. The molecule has 0 saturated heterocycles. The Balaban J connectivity index is 0.000000347. The van der Waals surface area contributed by atoms with Crippen molar-refractivity contribution in [2.45, 2.75) is 38.9 Å². The van der Waals surface area contributed by atoms with E-state index in [0.29, 0.717) is 12.8 Å². The lowest BCUT2D eigenvalue weighted by Crippen LogP contribution is -2.38. The van der Waals surface area contributed by atoms with Gasteiger partial charge in [-0.3, -0.25) is 4.79 Å². The number of Topliss-reactive ketones (excluding diaryl/α,β-unsaturated/α-hetero) is 1. The van der Waals surface area contributed by atoms with Gasteiger partial charge in [0.25, 0.3) is 0 Å². The Morgan fingerprint density at radius 3 is 1.75 bits per heavy atom. The molecule has 0 aromatic carbocycles. The molecule has 0 spiro atoms. The zero-order valence-corrected chi connectivity index (χ0v) is 14.4. The highest BCUT2D eigenvalue weighted by molar-refractivity contribution is 7.87. The summed E-state index contributed by atoms with van der Waals surface area (Å²) in [6.07, 6.45) is 1.37. The second-order valence-electron chi connectivity index (χ2n) is 8.16. The molecular formula is C14H27NO4S. The van der Waals surface area contributed by atoms with Crippen LogP contribution in [0.5, 0.6) is 0 Å². The van der Waals surface area contributed by atoms with Crippen LogP contribution in [-0.4, -0.2) is 56.7 Å². The second-order valence-corrected chi connectivity index (χ2v) is 9.65. The summed E-state index contributed by atoms with van der Waals surface area (Å²) in [6, 6.07) is 0. The standard InChI is InChI=1S/C10H16O4S.C4H12N/c1-9(2)6-4-5-10(9,3)8(11)7(6)15(12,13)14;1-5(2,3)4/h6-7H,4-5H2,1-3H3,(H,12,13,14);1-4H3/q;+1/p-1. The summed E-state index contributed by atoms with van der Waals surface area (Å²) in [7, 11) is 4.01. The third kappa shape index (κ3) is 2.92. The molecular weight excluding hydrogens is 278 g/mol. The van der Waals surface area contributed by atoms with Gasteiger partial charge in [-0.25, -0.2) is 8.42 Å². The molecule has 6 heteroatoms. The highest BCUT2D eigenvalue weighted by Gasteiger charge is 2.67. The Bertz CT molecular complexity index is 498. The number of fused-ring (bicyclic) bond motifs is 2. The molecule has 2 rings (SSSR count). The maximum Gasteiger partial charge on any atom is 0.156 e. The number of nitrogens with zero attached hydrogens (tertiary/aromatic N) is 1. The van der Waals surface area contributed by atoms with Crippen LogP contribution in [-0.2, 0) is 14.9 Å². The van der Waals surface area contributed by atoms with Gasteiger partial charge < -0.3 is 9.04 Å². The molecule has 2 bridgehead atoms. The van der Waals surface area contributed by atoms with Crippen molar-refractivity contribution in [3.8, 4) is 0 Å². The molecule has 0 aromatic heterocycles. The van der Waals surface area contributed by atoms with Gasteiger partial charge in [-0.05, 0) is 24.2 Å². The van der Waals surface area contributed by atoms with Crippen LogP contribution >= 0.6 is 0 Å². The van der Waals surface area contributed by atoms with E-state index in [1.807, 2.05) is 13.8 Å². The minimum atomic E-state index is -4.49. The minimum absolute atomic E-state index is 0.294. The van der Waals surface area contributed by atoms with Crippen LogP contribution in [0.25, 0.3) is 0 Å². The Morgan fingerprint density at radius 2 is 1.55 bits per heavy atom. The molecule has 2 aliphatic rings. The molecule has 2 saturated carbocycles. The normalized spacial score (nSPS) is 35.7. The number of hydrogen-bond acceptors (Lipinski definition) is 4. The topological polar surface area (TPSA) is 74.3 Å². The first-order valence-electron chi connectivity index (χ1n) is 6.90. The van der Waals surface area contributed by atoms with E-state index in [2.05, 4.69) is 28.2 Å². The van der Waals surface area contributed by atoms with E-state index in [1.165, 1.54) is 0 Å². The van der Waals surface area contributed by atoms with E-state index in [9.17, 15) is 17.8 Å². The Kier molecular flexibility index (Phi) is 4.21. The van der Waals surface area contributed by atoms with Crippen molar-refractivity contribution in [3.05, 3.63) is 0 Å². The van der Waals surface area contributed by atoms with E-state index in [4.69, 9.17) is 0 Å². The van der Waals surface area contributed by atoms with Gasteiger partial charge in [0.05, 0.1) is 28.2 Å². The van der Waals surface area contributed by atoms with Gasteiger partial charge in [-0.1, -0.05) is 20.8 Å². The lowest BCUT2D eigenvalue weighted by molar-refractivity contribution is -0.849. The minimum Gasteiger partial charge on any atom is -0.747 e. The van der Waals surface area contributed by atoms with Crippen molar-refractivity contribution >= 4 is 15.9 Å². The summed E-state index contributed by atoms with van der Waals surface area (Å²) in [5.41, 5.74) is -0.994. The van der Waals surface area contributed by atoms with Gasteiger partial charge in [0.15, 0.2) is 5.78 Å². The molecule has 2 fully saturated rings. The zero-order valence-electron chi connectivity index (χ0n) is 13.6. The number of ketones is 1. The molecule has 0 aliphatic heterocycles. The molecule has 118 valence electrons. The molecule has 20 heavy (non-hydrogen) atoms. The average Bonchev–Trinajstić information content (AvgIpc) is 2.45. The molecule has 5 nitrogen and oxygen atoms in total. The van der Waals surface area contributed by atoms with Gasteiger partial charge in [0.2, 0.25) is 0 Å². The lowest BCUT2D eigenvalue weighted by atomic mass is 9.70. The van der Waals surface area contributed by atoms with Crippen molar-refractivity contribution < 1.29 is 22.2 Å². The third-order valence-electron chi connectivity index (χ3n) is 4.78. The third-order valence-corrected chi connectivity index (χ3v) is 5.95. The van der Waals surface area contributed by atoms with Crippen LogP contribution < -0.4 is 0 Å². The van der Waals surface area contributed by atoms with E-state index in [-0.39, 0.29) is 17.1 Å². The van der Waals surface area contributed by atoms with E-state index in [1.54, 1.807) is 6.92 Å². The second kappa shape index (κ2) is 4.78. The molecule has 3 atom stereocenters. The molecule has 2 aliphatic carbocycles. The smallest absolute Gasteiger partial charge is 0.156 e. The maximum absolute atomic E-state index is 12.0. The predicted molar refractivity (Wildman–Crippen MR) is 77.1 cm³/mol. The largest absolute Gasteiger partial charge is 0.747 e. The van der Waals surface area contributed by atoms with Crippen molar-refractivity contribution in [1.82, 2.24) is 0 Å². The zero-order chi connectivity index (χ0) is 16.1. The quantitative estimate of drug-likeness (QED) is 0.540. The predicted octanol–water partition coefficient (Wildman–Crippen LogP) is 1.25. The van der Waals surface area contributed by atoms with Gasteiger partial charge in [-0.2, -0.15) is 0 Å². The van der Waals surface area contributed by atoms with Crippen molar-refractivity contribution in [1.29, 1.82) is 0 Å². The monoisotopic (exact) mass is 305 g/mol. The van der Waals surface area contributed by atoms with Crippen LogP contribution in [0.4, 0.5) is 0 Å². The fourth-order valence-electron chi connectivity index (χ4n) is 3.34. The van der Waals surface area contributed by atoms with Crippen LogP contribution in [0.2, 0.25) is 0 Å². The SMILES string of the molecule is CC12CCC(C(S(=O)(=O)[O-])C1=O)C2(C)C.C[N+](C)(C)C. The molecule has 0 radical (unpaired) electrons. The van der Waals surface area contributed by atoms with Gasteiger partial charge >= 0.3 is 0 Å². The summed E-state index contributed by atoms with van der Waals surface area (Å²) in [5, 5.41) is -1.30. The van der Waals surface area contributed by atoms with Gasteiger partial charge in [0.1, 0.15) is 15.4 Å². The van der Waals surface area contributed by atoms with Crippen LogP contribution in [0, 0.1) is 16.7 Å². The summed E-state index contributed by atoms with van der Waals surface area (Å²) < 4.78 is 34.3.